The Labute approximate surface area is 175 Å². The molecule has 4 aromatic rings. The van der Waals surface area contributed by atoms with Crippen molar-refractivity contribution in [3.8, 4) is 0 Å². The van der Waals surface area contributed by atoms with Crippen LogP contribution in [0.4, 0.5) is 0 Å². The van der Waals surface area contributed by atoms with Gasteiger partial charge in [-0.3, -0.25) is 0 Å². The predicted molar refractivity (Wildman–Crippen MR) is 128 cm³/mol. The first kappa shape index (κ1) is 19.9. The van der Waals surface area contributed by atoms with E-state index in [2.05, 4.69) is 110 Å². The molecule has 0 saturated carbocycles. The molecule has 1 heterocycles. The van der Waals surface area contributed by atoms with Crippen molar-refractivity contribution in [2.75, 3.05) is 6.66 Å². The van der Waals surface area contributed by atoms with Crippen LogP contribution in [0.25, 0.3) is 0 Å². The number of thiazole rings is 1. The van der Waals surface area contributed by atoms with Gasteiger partial charge in [0.05, 0.1) is 0 Å². The van der Waals surface area contributed by atoms with Crippen molar-refractivity contribution >= 4 is 56.3 Å². The van der Waals surface area contributed by atoms with E-state index in [4.69, 9.17) is 4.98 Å². The van der Waals surface area contributed by atoms with Gasteiger partial charge in [-0.15, -0.1) is 17.0 Å². The third kappa shape index (κ3) is 2.99. The van der Waals surface area contributed by atoms with E-state index in [1.54, 1.807) is 11.3 Å². The van der Waals surface area contributed by atoms with Crippen LogP contribution in [0.3, 0.4) is 0 Å². The third-order valence-corrected chi connectivity index (χ3v) is 12.5. The zero-order chi connectivity index (χ0) is 18.1. The summed E-state index contributed by atoms with van der Waals surface area (Å²) in [7, 11) is 0. The summed E-state index contributed by atoms with van der Waals surface area (Å²) in [6.07, 6.45) is 0. The molecule has 0 radical (unpaired) electrons. The second kappa shape index (κ2) is 7.67. The molecule has 3 aromatic carbocycles. The maximum atomic E-state index is 5.06. The number of aromatic nitrogens is 1. The van der Waals surface area contributed by atoms with E-state index in [1.807, 2.05) is 0 Å². The number of benzene rings is 3. The first-order valence-electron chi connectivity index (χ1n) is 8.75. The Morgan fingerprint density at radius 2 is 1.04 bits per heavy atom. The van der Waals surface area contributed by atoms with Gasteiger partial charge in [0.15, 0.2) is 0 Å². The monoisotopic (exact) mass is 455 g/mol. The first-order valence-corrected chi connectivity index (χ1v) is 12.3. The van der Waals surface area contributed by atoms with Crippen LogP contribution in [-0.2, 0) is 0 Å². The summed E-state index contributed by atoms with van der Waals surface area (Å²) in [6.45, 7) is 1.64. The fourth-order valence-electron chi connectivity index (χ4n) is 3.85. The molecule has 0 bridgehead atoms. The van der Waals surface area contributed by atoms with Crippen molar-refractivity contribution in [1.82, 2.24) is 4.98 Å². The predicted octanol–water partition coefficient (Wildman–Crippen LogP) is 4.81. The van der Waals surface area contributed by atoms with Crippen molar-refractivity contribution in [3.05, 3.63) is 101 Å². The van der Waals surface area contributed by atoms with Crippen LogP contribution in [0.1, 0.15) is 5.01 Å². The second-order valence-corrected chi connectivity index (χ2v) is 13.0. The molecule has 0 unspecified atom stereocenters. The summed E-state index contributed by atoms with van der Waals surface area (Å²) < 4.78 is 0. The molecule has 1 aromatic heterocycles. The number of hydrogen-bond donors (Lipinski definition) is 0. The summed E-state index contributed by atoms with van der Waals surface area (Å²) >= 11 is 1.74. The summed E-state index contributed by atoms with van der Waals surface area (Å²) in [5, 5.41) is 7.42. The zero-order valence-electron chi connectivity index (χ0n) is 15.4. The van der Waals surface area contributed by atoms with Crippen LogP contribution in [0.5, 0.6) is 0 Å². The molecule has 0 fully saturated rings. The number of aryl methyl sites for hydroxylation is 1. The van der Waals surface area contributed by atoms with Crippen molar-refractivity contribution in [1.29, 1.82) is 0 Å². The maximum absolute atomic E-state index is 5.06. The second-order valence-electron chi connectivity index (χ2n) is 6.80. The van der Waals surface area contributed by atoms with E-state index in [1.165, 1.54) is 21.3 Å². The van der Waals surface area contributed by atoms with E-state index in [9.17, 15) is 0 Å². The van der Waals surface area contributed by atoms with Gasteiger partial charge < -0.3 is 0 Å². The Hall–Kier alpha value is -1.80. The molecule has 0 atom stereocenters. The summed E-state index contributed by atoms with van der Waals surface area (Å²) in [5.74, 6) is 0. The standard InChI is InChI=1S/C23H22NPS.BrH/c1-19-24-23(18-26-19)25(2,20-12-6-3-7-13-20,21-14-8-4-9-15-21)22-16-10-5-11-17-22;/h3-18H,1-2H3;1H. The summed E-state index contributed by atoms with van der Waals surface area (Å²) in [4.78, 5) is 5.06. The Balaban J connectivity index is 0.00000210. The van der Waals surface area contributed by atoms with Crippen LogP contribution < -0.4 is 21.3 Å². The molecule has 4 rings (SSSR count). The van der Waals surface area contributed by atoms with Crippen LogP contribution in [0.2, 0.25) is 0 Å². The van der Waals surface area contributed by atoms with Gasteiger partial charge in [-0.2, -0.15) is 0 Å². The SMILES string of the molecule is Br.Cc1nc(P(C)(c2ccccc2)(c2ccccc2)c2ccccc2)cs1. The molecule has 1 nitrogen and oxygen atoms in total. The Morgan fingerprint density at radius 1 is 0.667 bits per heavy atom. The molecule has 0 N–H and O–H groups in total. The molecule has 138 valence electrons. The van der Waals surface area contributed by atoms with Gasteiger partial charge in [-0.1, -0.05) is 0 Å². The van der Waals surface area contributed by atoms with Crippen molar-refractivity contribution in [2.24, 2.45) is 0 Å². The fourth-order valence-corrected chi connectivity index (χ4v) is 10.5. The van der Waals surface area contributed by atoms with Gasteiger partial charge in [0, 0.05) is 0 Å². The molecular formula is C23H23BrNPS. The molecule has 0 spiro atoms. The van der Waals surface area contributed by atoms with Crippen molar-refractivity contribution < 1.29 is 0 Å². The van der Waals surface area contributed by atoms with Crippen molar-refractivity contribution in [2.45, 2.75) is 6.92 Å². The zero-order valence-corrected chi connectivity index (χ0v) is 18.9. The first-order chi connectivity index (χ1) is 12.6. The average Bonchev–Trinajstić information content (AvgIpc) is 3.17. The number of nitrogens with zero attached hydrogens (tertiary/aromatic N) is 1. The van der Waals surface area contributed by atoms with Gasteiger partial charge in [0.2, 0.25) is 0 Å². The van der Waals surface area contributed by atoms with Crippen molar-refractivity contribution in [3.63, 3.8) is 0 Å². The molecule has 0 aliphatic heterocycles. The van der Waals surface area contributed by atoms with Gasteiger partial charge in [0.1, 0.15) is 0 Å². The quantitative estimate of drug-likeness (QED) is 0.402. The number of halogens is 1. The normalized spacial score (nSPS) is 12.6. The minimum absolute atomic E-state index is 0. The molecule has 0 aliphatic carbocycles. The molecule has 0 saturated heterocycles. The van der Waals surface area contributed by atoms with Gasteiger partial charge in [-0.25, -0.2) is 0 Å². The summed E-state index contributed by atoms with van der Waals surface area (Å²) in [6, 6.07) is 32.8. The Morgan fingerprint density at radius 3 is 1.33 bits per heavy atom. The Kier molecular flexibility index (Phi) is 5.67. The molecule has 0 amide bonds. The topological polar surface area (TPSA) is 12.9 Å². The van der Waals surface area contributed by atoms with E-state index in [0.717, 1.165) is 5.01 Å². The van der Waals surface area contributed by atoms with Crippen LogP contribution in [-0.4, -0.2) is 11.6 Å². The van der Waals surface area contributed by atoms with E-state index in [0.29, 0.717) is 0 Å². The van der Waals surface area contributed by atoms with Gasteiger partial charge >= 0.3 is 159 Å². The molecule has 0 aliphatic rings. The van der Waals surface area contributed by atoms with Crippen LogP contribution >= 0.6 is 34.9 Å². The molecule has 4 heteroatoms. The Bertz CT molecular complexity index is 917. The van der Waals surface area contributed by atoms with Crippen LogP contribution in [0.15, 0.2) is 96.4 Å². The van der Waals surface area contributed by atoms with E-state index in [-0.39, 0.29) is 17.0 Å². The molecular weight excluding hydrogens is 433 g/mol. The average molecular weight is 456 g/mol. The van der Waals surface area contributed by atoms with Gasteiger partial charge in [-0.05, 0) is 0 Å². The minimum atomic E-state index is -2.90. The molecule has 27 heavy (non-hydrogen) atoms. The fraction of sp³-hybridized carbons (Fsp3) is 0.0870. The van der Waals surface area contributed by atoms with E-state index < -0.39 is 6.60 Å². The third-order valence-electron chi connectivity index (χ3n) is 5.38. The van der Waals surface area contributed by atoms with Crippen LogP contribution in [0, 0.1) is 6.92 Å². The van der Waals surface area contributed by atoms with Gasteiger partial charge in [0.25, 0.3) is 0 Å². The number of rotatable bonds is 4. The van der Waals surface area contributed by atoms with E-state index >= 15 is 0 Å². The number of hydrogen-bond acceptors (Lipinski definition) is 2. The summed E-state index contributed by atoms with van der Waals surface area (Å²) in [5.41, 5.74) is 1.20.